The molecule has 1 atom stereocenters. The molecule has 7 heteroatoms. The van der Waals surface area contributed by atoms with E-state index < -0.39 is 12.0 Å². The molecule has 0 saturated carbocycles. The zero-order chi connectivity index (χ0) is 11.6. The van der Waals surface area contributed by atoms with Crippen molar-refractivity contribution in [1.82, 2.24) is 0 Å². The van der Waals surface area contributed by atoms with Gasteiger partial charge in [-0.05, 0) is 69.3 Å². The number of halogens is 3. The van der Waals surface area contributed by atoms with Crippen molar-refractivity contribution >= 4 is 68.1 Å². The van der Waals surface area contributed by atoms with Gasteiger partial charge in [0, 0.05) is 0 Å². The number of carboxylic acid groups (broad SMARTS) is 1. The number of nitrogens with two attached hydrogens (primary N) is 1. The molecule has 16 heavy (non-hydrogen) atoms. The topological polar surface area (TPSA) is 83.5 Å². The maximum atomic E-state index is 10.6. The van der Waals surface area contributed by atoms with Crippen LogP contribution in [0.3, 0.4) is 0 Å². The largest absolute Gasteiger partial charge is 0.506 e. The fourth-order valence-corrected chi connectivity index (χ4v) is 2.97. The van der Waals surface area contributed by atoms with Gasteiger partial charge in [0.2, 0.25) is 0 Å². The van der Waals surface area contributed by atoms with Crippen molar-refractivity contribution in [2.45, 2.75) is 12.5 Å². The lowest BCUT2D eigenvalue weighted by Gasteiger charge is -2.08. The van der Waals surface area contributed by atoms with Crippen LogP contribution in [0.1, 0.15) is 5.56 Å². The number of hydrogen-bond acceptors (Lipinski definition) is 3. The number of aliphatic carboxylic acids is 1. The summed E-state index contributed by atoms with van der Waals surface area (Å²) < 4.78 is 1.40. The van der Waals surface area contributed by atoms with Crippen LogP contribution in [0, 0.1) is 7.14 Å². The number of phenols is 1. The third kappa shape index (κ3) is 4.34. The van der Waals surface area contributed by atoms with Gasteiger partial charge in [0.1, 0.15) is 11.8 Å². The Hall–Kier alpha value is 0.390. The zero-order valence-electron chi connectivity index (χ0n) is 7.98. The molecule has 0 fully saturated rings. The molecule has 1 unspecified atom stereocenters. The molecular formula is C9H10BrI2NO3. The highest BCUT2D eigenvalue weighted by Crippen LogP contribution is 2.27. The molecular weight excluding hydrogens is 504 g/mol. The van der Waals surface area contributed by atoms with E-state index in [1.54, 1.807) is 12.1 Å². The summed E-state index contributed by atoms with van der Waals surface area (Å²) in [7, 11) is 0. The second-order valence-electron chi connectivity index (χ2n) is 3.06. The lowest BCUT2D eigenvalue weighted by atomic mass is 10.1. The first-order valence-corrected chi connectivity index (χ1v) is 6.23. The zero-order valence-corrected chi connectivity index (χ0v) is 14.0. The van der Waals surface area contributed by atoms with Gasteiger partial charge in [-0.2, -0.15) is 0 Å². The van der Waals surface area contributed by atoms with Gasteiger partial charge in [-0.15, -0.1) is 17.0 Å². The molecule has 1 rings (SSSR count). The first kappa shape index (κ1) is 16.4. The third-order valence-electron chi connectivity index (χ3n) is 1.85. The molecule has 0 bridgehead atoms. The van der Waals surface area contributed by atoms with Gasteiger partial charge < -0.3 is 15.9 Å². The molecule has 0 amide bonds. The van der Waals surface area contributed by atoms with Gasteiger partial charge >= 0.3 is 5.97 Å². The van der Waals surface area contributed by atoms with Gasteiger partial charge in [-0.1, -0.05) is 0 Å². The van der Waals surface area contributed by atoms with Crippen molar-refractivity contribution in [1.29, 1.82) is 0 Å². The second-order valence-corrected chi connectivity index (χ2v) is 5.38. The lowest BCUT2D eigenvalue weighted by Crippen LogP contribution is -2.32. The van der Waals surface area contributed by atoms with Crippen LogP contribution in [0.25, 0.3) is 0 Å². The molecule has 0 aromatic heterocycles. The average Bonchev–Trinajstić information content (AvgIpc) is 2.13. The Morgan fingerprint density at radius 3 is 2.19 bits per heavy atom. The summed E-state index contributed by atoms with van der Waals surface area (Å²) in [6, 6.07) is 2.57. The Labute approximate surface area is 131 Å². The first-order valence-electron chi connectivity index (χ1n) is 4.07. The summed E-state index contributed by atoms with van der Waals surface area (Å²) in [6.45, 7) is 0. The fraction of sp³-hybridized carbons (Fsp3) is 0.222. The van der Waals surface area contributed by atoms with Gasteiger partial charge in [-0.3, -0.25) is 4.79 Å². The van der Waals surface area contributed by atoms with Crippen LogP contribution in [-0.4, -0.2) is 22.2 Å². The summed E-state index contributed by atoms with van der Waals surface area (Å²) in [4.78, 5) is 10.6. The number of rotatable bonds is 3. The van der Waals surface area contributed by atoms with Crippen LogP contribution in [0.5, 0.6) is 5.75 Å². The highest BCUT2D eigenvalue weighted by molar-refractivity contribution is 14.1. The Balaban J connectivity index is 0.00000225. The maximum Gasteiger partial charge on any atom is 0.320 e. The minimum atomic E-state index is -1.02. The maximum absolute atomic E-state index is 10.6. The normalized spacial score (nSPS) is 11.7. The highest BCUT2D eigenvalue weighted by Gasteiger charge is 2.14. The molecule has 0 aliphatic heterocycles. The van der Waals surface area contributed by atoms with Crippen LogP contribution in [0.2, 0.25) is 0 Å². The smallest absolute Gasteiger partial charge is 0.320 e. The monoisotopic (exact) mass is 513 g/mol. The molecule has 4 nitrogen and oxygen atoms in total. The summed E-state index contributed by atoms with van der Waals surface area (Å²) in [5.41, 5.74) is 6.24. The van der Waals surface area contributed by atoms with Gasteiger partial charge in [-0.25, -0.2) is 0 Å². The van der Waals surface area contributed by atoms with Crippen LogP contribution >= 0.6 is 62.2 Å². The number of benzene rings is 1. The van der Waals surface area contributed by atoms with Crippen LogP contribution in [-0.2, 0) is 11.2 Å². The molecule has 1 aromatic rings. The third-order valence-corrected chi connectivity index (χ3v) is 3.49. The van der Waals surface area contributed by atoms with E-state index in [1.807, 2.05) is 45.2 Å². The van der Waals surface area contributed by atoms with Gasteiger partial charge in [0.25, 0.3) is 0 Å². The van der Waals surface area contributed by atoms with Crippen molar-refractivity contribution in [2.24, 2.45) is 5.73 Å². The molecule has 1 aromatic carbocycles. The molecule has 0 saturated heterocycles. The van der Waals surface area contributed by atoms with Crippen molar-refractivity contribution in [3.63, 3.8) is 0 Å². The summed E-state index contributed by atoms with van der Waals surface area (Å²) >= 11 is 3.99. The minimum Gasteiger partial charge on any atom is -0.506 e. The van der Waals surface area contributed by atoms with Crippen LogP contribution in [0.15, 0.2) is 12.1 Å². The van der Waals surface area contributed by atoms with Crippen molar-refractivity contribution in [3.8, 4) is 5.75 Å². The number of carboxylic acids is 1. The van der Waals surface area contributed by atoms with Gasteiger partial charge in [0.15, 0.2) is 0 Å². The van der Waals surface area contributed by atoms with E-state index in [0.717, 1.165) is 5.56 Å². The number of carbonyl (C=O) groups is 1. The van der Waals surface area contributed by atoms with E-state index in [-0.39, 0.29) is 29.2 Å². The van der Waals surface area contributed by atoms with E-state index in [4.69, 9.17) is 10.8 Å². The Bertz CT molecular complexity index is 377. The lowest BCUT2D eigenvalue weighted by molar-refractivity contribution is -0.138. The highest BCUT2D eigenvalue weighted by atomic mass is 127. The van der Waals surface area contributed by atoms with E-state index in [2.05, 4.69) is 0 Å². The standard InChI is InChI=1S/C9H9I2NO3.BrH/c10-5-1-4(2-6(11)8(5)13)3-7(12)9(14)15;/h1-2,7,13H,3,12H2,(H,14,15);1H. The number of phenolic OH excluding ortho intramolecular Hbond substituents is 1. The summed E-state index contributed by atoms with van der Waals surface area (Å²) in [5.74, 6) is -0.795. The van der Waals surface area contributed by atoms with Crippen LogP contribution in [0.4, 0.5) is 0 Å². The molecule has 0 spiro atoms. The van der Waals surface area contributed by atoms with Gasteiger partial charge in [0.05, 0.1) is 7.14 Å². The summed E-state index contributed by atoms with van der Waals surface area (Å²) in [6.07, 6.45) is 0.265. The molecule has 4 N–H and O–H groups in total. The summed E-state index contributed by atoms with van der Waals surface area (Å²) in [5, 5.41) is 18.2. The van der Waals surface area contributed by atoms with E-state index in [0.29, 0.717) is 7.14 Å². The van der Waals surface area contributed by atoms with Crippen LogP contribution < -0.4 is 5.73 Å². The van der Waals surface area contributed by atoms with Crippen molar-refractivity contribution in [3.05, 3.63) is 24.8 Å². The molecule has 0 aliphatic carbocycles. The number of aromatic hydroxyl groups is 1. The van der Waals surface area contributed by atoms with Crippen molar-refractivity contribution in [2.75, 3.05) is 0 Å². The second kappa shape index (κ2) is 6.97. The van der Waals surface area contributed by atoms with E-state index in [9.17, 15) is 9.90 Å². The predicted molar refractivity (Wildman–Crippen MR) is 83.2 cm³/mol. The Morgan fingerprint density at radius 2 is 1.81 bits per heavy atom. The fourth-order valence-electron chi connectivity index (χ4n) is 1.08. The Kier molecular flexibility index (Phi) is 7.14. The van der Waals surface area contributed by atoms with E-state index in [1.165, 1.54) is 0 Å². The molecule has 0 radical (unpaired) electrons. The molecule has 90 valence electrons. The van der Waals surface area contributed by atoms with E-state index >= 15 is 0 Å². The number of hydrogen-bond donors (Lipinski definition) is 3. The molecule has 0 aliphatic rings. The Morgan fingerprint density at radius 1 is 1.38 bits per heavy atom. The first-order chi connectivity index (χ1) is 6.91. The SMILES string of the molecule is Br.NC(Cc1cc(I)c(O)c(I)c1)C(=O)O. The average molecular weight is 514 g/mol. The quantitative estimate of drug-likeness (QED) is 0.541. The minimum absolute atomic E-state index is 0. The van der Waals surface area contributed by atoms with Crippen molar-refractivity contribution < 1.29 is 15.0 Å². The predicted octanol–water partition coefficient (Wildman–Crippen LogP) is 2.13. The molecule has 0 heterocycles.